The minimum absolute atomic E-state index is 0.0346. The second-order valence-corrected chi connectivity index (χ2v) is 19.3. The Balaban J connectivity index is 0.000000140. The number of pyridine rings is 3. The van der Waals surface area contributed by atoms with E-state index < -0.39 is 11.6 Å². The molecule has 0 aliphatic carbocycles. The standard InChI is InChI=1S/C22H22FN5O.C21H19F2N5O.C20H15FN4/c1-15(17-10-18(23)13-24-12-17)25-19-3-5-22-20(11-19)21(26-27-22)4-2-16-6-7-28(14-16)8-9-29;22-16-7-15(8-17(23)9-16)11-24-18-2-4-21-19(10-18)20(26-27-21)3-1-14-12-25-28(13-14)5-6-29;21-16-10-15(12-22-13-16)9-14-4-6-19-18(11-14)20(25-24-19)7-5-17-3-1-2-8-23-17/h2-7,10-15,25,29H,8-9H2,1H3,(H,26,27);1-4,7-10,12-13,24,29H,5-6,11H2,(H,26,27);1-8,10-13H,9H2,(H,24,25)/b4-2+;3-1+;7-5+. The minimum Gasteiger partial charge on any atom is -0.395 e. The number of nitrogens with zero attached hydrogens (tertiary/aromatic N) is 9. The van der Waals surface area contributed by atoms with Gasteiger partial charge in [-0.1, -0.05) is 18.2 Å². The molecule has 0 aliphatic rings. The predicted octanol–water partition coefficient (Wildman–Crippen LogP) is 12.3. The number of hydrogen-bond donors (Lipinski definition) is 7. The van der Waals surface area contributed by atoms with Crippen LogP contribution in [0, 0.1) is 23.3 Å². The van der Waals surface area contributed by atoms with Crippen LogP contribution >= 0.6 is 0 Å². The maximum absolute atomic E-state index is 13.4. The Morgan fingerprint density at radius 1 is 0.578 bits per heavy atom. The highest BCUT2D eigenvalue weighted by Gasteiger charge is 2.12. The summed E-state index contributed by atoms with van der Waals surface area (Å²) in [5.41, 5.74) is 13.0. The Morgan fingerprint density at radius 3 is 2.01 bits per heavy atom. The van der Waals surface area contributed by atoms with Gasteiger partial charge >= 0.3 is 0 Å². The number of anilines is 2. The summed E-state index contributed by atoms with van der Waals surface area (Å²) < 4.78 is 57.0. The summed E-state index contributed by atoms with van der Waals surface area (Å²) in [6.07, 6.45) is 27.2. The van der Waals surface area contributed by atoms with Crippen LogP contribution in [0.2, 0.25) is 0 Å². The fourth-order valence-electron chi connectivity index (χ4n) is 9.04. The van der Waals surface area contributed by atoms with Gasteiger partial charge in [0.15, 0.2) is 0 Å². The van der Waals surface area contributed by atoms with E-state index in [1.165, 1.54) is 36.7 Å². The first-order chi connectivity index (χ1) is 40.5. The van der Waals surface area contributed by atoms with Crippen LogP contribution in [0.4, 0.5) is 28.9 Å². The molecular weight excluding hydrogens is 1060 g/mol. The smallest absolute Gasteiger partial charge is 0.141 e. The molecule has 0 fully saturated rings. The molecule has 0 saturated carbocycles. The number of fused-ring (bicyclic) bond motifs is 3. The quantitative estimate of drug-likeness (QED) is 0.0402. The van der Waals surface area contributed by atoms with Crippen molar-refractivity contribution >= 4 is 80.5 Å². The summed E-state index contributed by atoms with van der Waals surface area (Å²) in [4.78, 5) is 12.1. The molecule has 0 saturated heterocycles. The van der Waals surface area contributed by atoms with Crippen LogP contribution in [0.5, 0.6) is 0 Å². The van der Waals surface area contributed by atoms with E-state index in [0.717, 1.165) is 101 Å². The maximum Gasteiger partial charge on any atom is 0.141 e. The molecule has 1 unspecified atom stereocenters. The molecule has 4 aromatic carbocycles. The molecule has 0 amide bonds. The van der Waals surface area contributed by atoms with Crippen molar-refractivity contribution in [3.63, 3.8) is 0 Å². The molecule has 8 aromatic heterocycles. The lowest BCUT2D eigenvalue weighted by molar-refractivity contribution is 0.269. The Bertz CT molecular complexity index is 4180. The maximum atomic E-state index is 13.4. The van der Waals surface area contributed by atoms with Gasteiger partial charge in [-0.3, -0.25) is 34.9 Å². The van der Waals surface area contributed by atoms with Crippen molar-refractivity contribution in [3.8, 4) is 0 Å². The Kier molecular flexibility index (Phi) is 18.1. The summed E-state index contributed by atoms with van der Waals surface area (Å²) in [6, 6.07) is 31.8. The van der Waals surface area contributed by atoms with Gasteiger partial charge in [0.05, 0.1) is 83.7 Å². The predicted molar refractivity (Wildman–Crippen MR) is 317 cm³/mol. The van der Waals surface area contributed by atoms with Crippen molar-refractivity contribution in [1.82, 2.24) is 59.9 Å². The van der Waals surface area contributed by atoms with Crippen molar-refractivity contribution in [2.24, 2.45) is 0 Å². The van der Waals surface area contributed by atoms with Gasteiger partial charge in [0.2, 0.25) is 0 Å². The average Bonchev–Trinajstić information content (AvgIpc) is 4.41. The largest absolute Gasteiger partial charge is 0.395 e. The van der Waals surface area contributed by atoms with Crippen molar-refractivity contribution in [3.05, 3.63) is 244 Å². The molecule has 0 radical (unpaired) electrons. The Labute approximate surface area is 473 Å². The first-order valence-corrected chi connectivity index (χ1v) is 26.4. The average molecular weight is 1120 g/mol. The molecule has 12 rings (SSSR count). The second kappa shape index (κ2) is 26.8. The van der Waals surface area contributed by atoms with E-state index in [1.54, 1.807) is 29.5 Å². The topological polar surface area (TPSA) is 212 Å². The minimum atomic E-state index is -0.596. The van der Waals surface area contributed by atoms with Crippen molar-refractivity contribution in [2.75, 3.05) is 23.8 Å². The second-order valence-electron chi connectivity index (χ2n) is 19.3. The molecule has 83 heavy (non-hydrogen) atoms. The van der Waals surface area contributed by atoms with E-state index in [-0.39, 0.29) is 30.9 Å². The molecule has 16 nitrogen and oxygen atoms in total. The van der Waals surface area contributed by atoms with Crippen LogP contribution in [0.1, 0.15) is 69.1 Å². The number of halogens is 4. The molecule has 0 bridgehead atoms. The van der Waals surface area contributed by atoms with E-state index in [9.17, 15) is 17.6 Å². The number of rotatable bonds is 18. The van der Waals surface area contributed by atoms with Gasteiger partial charge in [-0.05, 0) is 163 Å². The molecule has 12 aromatic rings. The zero-order chi connectivity index (χ0) is 57.5. The third kappa shape index (κ3) is 15.1. The van der Waals surface area contributed by atoms with Gasteiger partial charge < -0.3 is 25.4 Å². The summed E-state index contributed by atoms with van der Waals surface area (Å²) in [7, 11) is 0. The van der Waals surface area contributed by atoms with Crippen LogP contribution < -0.4 is 10.6 Å². The first-order valence-electron chi connectivity index (χ1n) is 26.4. The van der Waals surface area contributed by atoms with E-state index in [0.29, 0.717) is 31.6 Å². The molecule has 0 aliphatic heterocycles. The lowest BCUT2D eigenvalue weighted by atomic mass is 10.0. The van der Waals surface area contributed by atoms with E-state index >= 15 is 0 Å². The third-order valence-corrected chi connectivity index (χ3v) is 13.1. The lowest BCUT2D eigenvalue weighted by Gasteiger charge is -2.15. The number of aromatic amines is 3. The van der Waals surface area contributed by atoms with Crippen molar-refractivity contribution in [2.45, 2.75) is 39.0 Å². The summed E-state index contributed by atoms with van der Waals surface area (Å²) >= 11 is 0. The zero-order valence-electron chi connectivity index (χ0n) is 44.8. The van der Waals surface area contributed by atoms with Gasteiger partial charge in [-0.2, -0.15) is 20.4 Å². The van der Waals surface area contributed by atoms with Gasteiger partial charge in [-0.15, -0.1) is 0 Å². The number of H-pyrrole nitrogens is 3. The highest BCUT2D eigenvalue weighted by atomic mass is 19.1. The number of aliphatic hydroxyl groups is 2. The molecule has 1 atom stereocenters. The fraction of sp³-hybridized carbons (Fsp3) is 0.127. The number of nitrogens with one attached hydrogen (secondary N) is 5. The Hall–Kier alpha value is -10.3. The number of aliphatic hydroxyl groups excluding tert-OH is 2. The number of aromatic nitrogens is 12. The number of hydrogen-bond acceptors (Lipinski definition) is 11. The van der Waals surface area contributed by atoms with Crippen LogP contribution in [0.3, 0.4) is 0 Å². The summed E-state index contributed by atoms with van der Waals surface area (Å²) in [6.45, 7) is 3.44. The first kappa shape index (κ1) is 56.0. The SMILES string of the molecule is CC(Nc1ccc2[nH]nc(/C=C/c3ccn(CCO)c3)c2c1)c1cncc(F)c1.Fc1cncc(Cc2ccc3n[nH]c(/C=C/c4ccccn4)c3c2)c1.OCCn1cc(/C=C/c2n[nH]c3ccc(NCc4cc(F)cc(F)c4)cc23)cn1. The fourth-order valence-corrected chi connectivity index (χ4v) is 9.04. The van der Waals surface area contributed by atoms with Crippen LogP contribution in [0.25, 0.3) is 69.2 Å². The third-order valence-electron chi connectivity index (χ3n) is 13.1. The lowest BCUT2D eigenvalue weighted by Crippen LogP contribution is -2.07. The van der Waals surface area contributed by atoms with Crippen molar-refractivity contribution < 1.29 is 27.8 Å². The van der Waals surface area contributed by atoms with Gasteiger partial charge in [0, 0.05) is 89.4 Å². The summed E-state index contributed by atoms with van der Waals surface area (Å²) in [5, 5.41) is 53.8. The monoisotopic (exact) mass is 1120 g/mol. The highest BCUT2D eigenvalue weighted by molar-refractivity contribution is 5.93. The van der Waals surface area contributed by atoms with Crippen LogP contribution in [0.15, 0.2) is 165 Å². The van der Waals surface area contributed by atoms with E-state index in [4.69, 9.17) is 10.2 Å². The van der Waals surface area contributed by atoms with Crippen molar-refractivity contribution in [1.29, 1.82) is 0 Å². The normalized spacial score (nSPS) is 11.9. The molecule has 418 valence electrons. The van der Waals surface area contributed by atoms with E-state index in [2.05, 4.69) is 67.3 Å². The molecule has 7 N–H and O–H groups in total. The van der Waals surface area contributed by atoms with E-state index in [1.807, 2.05) is 139 Å². The summed E-state index contributed by atoms with van der Waals surface area (Å²) in [5.74, 6) is -1.86. The van der Waals surface area contributed by atoms with Gasteiger partial charge in [-0.25, -0.2) is 17.6 Å². The molecule has 0 spiro atoms. The zero-order valence-corrected chi connectivity index (χ0v) is 44.8. The van der Waals surface area contributed by atoms with Gasteiger partial charge in [0.1, 0.15) is 23.3 Å². The molecule has 8 heterocycles. The highest BCUT2D eigenvalue weighted by Crippen LogP contribution is 2.27. The molecular formula is C63H56F4N14O2. The van der Waals surface area contributed by atoms with Crippen LogP contribution in [-0.4, -0.2) is 83.3 Å². The Morgan fingerprint density at radius 2 is 1.29 bits per heavy atom. The van der Waals surface area contributed by atoms with Gasteiger partial charge in [0.25, 0.3) is 0 Å². The molecule has 20 heteroatoms. The number of benzene rings is 4. The van der Waals surface area contributed by atoms with Crippen LogP contribution in [-0.2, 0) is 26.1 Å².